The summed E-state index contributed by atoms with van der Waals surface area (Å²) in [6.07, 6.45) is 0. The van der Waals surface area contributed by atoms with Gasteiger partial charge in [0.25, 0.3) is 6.71 Å². The van der Waals surface area contributed by atoms with Crippen LogP contribution < -0.4 is 26.2 Å². The molecule has 13 aromatic rings. The van der Waals surface area contributed by atoms with Crippen molar-refractivity contribution in [1.82, 2.24) is 4.57 Å². The average molecular weight is 1220 g/mol. The Bertz CT molecular complexity index is 5770. The molecular weight excluding hydrogens is 1120 g/mol. The molecule has 2 aliphatic rings. The number of benzene rings is 12. The maximum Gasteiger partial charge on any atom is 0.252 e. The summed E-state index contributed by atoms with van der Waals surface area (Å²) in [5, 5.41) is -0.676. The van der Waals surface area contributed by atoms with E-state index in [0.29, 0.717) is 44.9 Å². The fraction of sp³-hybridized carbons (Fsp3) is 0.191. The Labute approximate surface area is 574 Å². The van der Waals surface area contributed by atoms with Crippen LogP contribution in [0.2, 0.25) is 0 Å². The Kier molecular flexibility index (Phi) is 10.4. The highest BCUT2D eigenvalue weighted by Crippen LogP contribution is 2.56. The van der Waals surface area contributed by atoms with Crippen LogP contribution in [0.25, 0.3) is 83.1 Å². The van der Waals surface area contributed by atoms with Gasteiger partial charge in [-0.3, -0.25) is 0 Å². The largest absolute Gasteiger partial charge is 0.310 e. The maximum absolute atomic E-state index is 11.7. The molecule has 0 fully saturated rings. The molecule has 0 bridgehead atoms. The van der Waals surface area contributed by atoms with E-state index in [1.54, 1.807) is 0 Å². The van der Waals surface area contributed by atoms with Crippen LogP contribution in [-0.4, -0.2) is 11.3 Å². The van der Waals surface area contributed by atoms with E-state index in [9.17, 15) is 19.2 Å². The standard InChI is InChI=1S/C89H82BN3/c1-57-48-68(91-76-40-28-26-38-69(76)70-39-27-29-41-77(70)91)56-81-82(57)90-75-49-63(58-42-45-64(46-43-58)86(2,3)4)44-47-78(75)92(84-71(59-30-18-14-19-31-59)50-65(87(5,6)7)51-72(84)60-32-20-15-21-33-60)79-54-67(89(11,12)13)55-80(83(79)90)93(81)85-73(61-34-22-16-23-35-61)52-66(88(8,9)10)53-74(85)62-36-24-17-25-37-62/h14-56H,1-13H3/i1D3,26D,27D,28D,29D,38D,39D,40D,41D,44D,47D,48D,49D,56D. The zero-order valence-corrected chi connectivity index (χ0v) is 54.7. The van der Waals surface area contributed by atoms with Gasteiger partial charge in [0.1, 0.15) is 0 Å². The van der Waals surface area contributed by atoms with Crippen molar-refractivity contribution >= 4 is 79.0 Å². The molecule has 0 amide bonds. The molecule has 456 valence electrons. The zero-order chi connectivity index (χ0) is 78.3. The van der Waals surface area contributed by atoms with Crippen molar-refractivity contribution in [2.75, 3.05) is 9.80 Å². The third-order valence-corrected chi connectivity index (χ3v) is 18.7. The summed E-state index contributed by atoms with van der Waals surface area (Å²) in [6.45, 7) is 20.5. The van der Waals surface area contributed by atoms with Crippen LogP contribution in [0.3, 0.4) is 0 Å². The number of nitrogens with zero attached hydrogens (tertiary/aromatic N) is 3. The molecule has 3 heterocycles. The molecule has 4 heteroatoms. The first-order chi connectivity index (χ1) is 51.2. The molecule has 0 N–H and O–H groups in total. The Hall–Kier alpha value is -9.90. The summed E-state index contributed by atoms with van der Waals surface area (Å²) in [5.74, 6) is 0. The summed E-state index contributed by atoms with van der Waals surface area (Å²) < 4.78 is 164. The zero-order valence-electron chi connectivity index (χ0n) is 70.7. The van der Waals surface area contributed by atoms with E-state index in [1.807, 2.05) is 155 Å². The second-order valence-corrected chi connectivity index (χ2v) is 28.9. The van der Waals surface area contributed by atoms with E-state index in [4.69, 9.17) is 2.74 Å². The van der Waals surface area contributed by atoms with Crippen LogP contribution in [0.4, 0.5) is 34.1 Å². The highest BCUT2D eigenvalue weighted by atomic mass is 15.2. The molecule has 1 aromatic heterocycles. The number of anilines is 6. The SMILES string of the molecule is [2H]c1c([2H])c2c(c([2H])c1-c1ccc(C(C)(C)C)cc1)B1c3c(cc(C(C)(C)C)cc3N(c3c(-c4ccccc4)cc(C(C)(C)C)cc3-c3ccccc3)c3c([2H])c(-n4c5c([2H])c([2H])c([2H])c([2H])c5c5c([2H])c([2H])c([2H])c([2H])c54)c([2H])c(C([2H])([2H])[2H])c31)N2c1c(-c2ccccc2)cc(C(C)(C)C)cc1-c1ccccc1. The second kappa shape index (κ2) is 22.2. The molecule has 93 heavy (non-hydrogen) atoms. The van der Waals surface area contributed by atoms with Crippen LogP contribution >= 0.6 is 0 Å². The summed E-state index contributed by atoms with van der Waals surface area (Å²) in [5.41, 5.74) is 8.04. The van der Waals surface area contributed by atoms with Gasteiger partial charge in [-0.2, -0.15) is 0 Å². The molecular formula is C89H82BN3. The number of aromatic nitrogens is 1. The Morgan fingerprint density at radius 3 is 1.15 bits per heavy atom. The molecule has 12 aromatic carbocycles. The lowest BCUT2D eigenvalue weighted by atomic mass is 9.32. The van der Waals surface area contributed by atoms with Gasteiger partial charge < -0.3 is 14.4 Å². The van der Waals surface area contributed by atoms with Gasteiger partial charge in [-0.25, -0.2) is 0 Å². The monoisotopic (exact) mass is 1220 g/mol. The minimum Gasteiger partial charge on any atom is -0.310 e. The second-order valence-electron chi connectivity index (χ2n) is 28.9. The Balaban J connectivity index is 1.27. The predicted molar refractivity (Wildman–Crippen MR) is 402 cm³/mol. The third-order valence-electron chi connectivity index (χ3n) is 18.7. The molecule has 0 aliphatic carbocycles. The summed E-state index contributed by atoms with van der Waals surface area (Å²) in [4.78, 5) is 3.96. The van der Waals surface area contributed by atoms with Gasteiger partial charge in [-0.1, -0.05) is 283 Å². The van der Waals surface area contributed by atoms with Crippen molar-refractivity contribution in [1.29, 1.82) is 0 Å². The normalized spacial score (nSPS) is 15.7. The van der Waals surface area contributed by atoms with Crippen LogP contribution in [0.15, 0.2) is 261 Å². The smallest absolute Gasteiger partial charge is 0.252 e. The lowest BCUT2D eigenvalue weighted by Gasteiger charge is -2.47. The summed E-state index contributed by atoms with van der Waals surface area (Å²) in [7, 11) is 0. The van der Waals surface area contributed by atoms with Gasteiger partial charge in [-0.05, 0) is 167 Å². The van der Waals surface area contributed by atoms with Crippen molar-refractivity contribution < 1.29 is 21.9 Å². The summed E-state index contributed by atoms with van der Waals surface area (Å²) in [6, 6.07) is 52.0. The average Bonchev–Trinajstić information content (AvgIpc) is 1.36. The van der Waals surface area contributed by atoms with E-state index < -0.39 is 113 Å². The van der Waals surface area contributed by atoms with E-state index in [-0.39, 0.29) is 62.2 Å². The van der Waals surface area contributed by atoms with Crippen LogP contribution in [0.5, 0.6) is 0 Å². The Morgan fingerprint density at radius 2 is 0.742 bits per heavy atom. The summed E-state index contributed by atoms with van der Waals surface area (Å²) >= 11 is 0. The number of hydrogen-bond acceptors (Lipinski definition) is 2. The highest BCUT2D eigenvalue weighted by molar-refractivity contribution is 7.00. The molecule has 0 atom stereocenters. The first-order valence-electron chi connectivity index (χ1n) is 40.1. The molecule has 0 radical (unpaired) electrons. The van der Waals surface area contributed by atoms with Gasteiger partial charge in [0.15, 0.2) is 0 Å². The van der Waals surface area contributed by atoms with Crippen LogP contribution in [-0.2, 0) is 21.7 Å². The molecule has 3 nitrogen and oxygen atoms in total. The van der Waals surface area contributed by atoms with Gasteiger partial charge in [0.2, 0.25) is 0 Å². The molecule has 0 saturated carbocycles. The van der Waals surface area contributed by atoms with Crippen LogP contribution in [0, 0.1) is 6.85 Å². The molecule has 15 rings (SSSR count). The van der Waals surface area contributed by atoms with Gasteiger partial charge >= 0.3 is 0 Å². The molecule has 0 unspecified atom stereocenters. The van der Waals surface area contributed by atoms with Crippen molar-refractivity contribution in [3.63, 3.8) is 0 Å². The van der Waals surface area contributed by atoms with Crippen LogP contribution in [0.1, 0.15) is 133 Å². The molecule has 0 spiro atoms. The first-order valence-corrected chi connectivity index (χ1v) is 32.1. The van der Waals surface area contributed by atoms with Gasteiger partial charge in [-0.15, -0.1) is 0 Å². The Morgan fingerprint density at radius 1 is 0.344 bits per heavy atom. The third kappa shape index (κ3) is 10.2. The number of para-hydroxylation sites is 2. The predicted octanol–water partition coefficient (Wildman–Crippen LogP) is 22.7. The van der Waals surface area contributed by atoms with Crippen molar-refractivity contribution in [3.05, 3.63) is 288 Å². The quantitative estimate of drug-likeness (QED) is 0.141. The number of rotatable bonds is 8. The van der Waals surface area contributed by atoms with E-state index in [2.05, 4.69) is 119 Å². The number of fused-ring (bicyclic) bond motifs is 7. The lowest BCUT2D eigenvalue weighted by Crippen LogP contribution is -2.62. The lowest BCUT2D eigenvalue weighted by molar-refractivity contribution is 0.590. The molecule has 2 aliphatic heterocycles. The van der Waals surface area contributed by atoms with E-state index in [0.717, 1.165) is 60.2 Å². The fourth-order valence-corrected chi connectivity index (χ4v) is 13.6. The van der Waals surface area contributed by atoms with Crippen molar-refractivity contribution in [3.8, 4) is 61.3 Å². The minimum atomic E-state index is -3.40. The van der Waals surface area contributed by atoms with Crippen molar-refractivity contribution in [2.45, 2.75) is 112 Å². The van der Waals surface area contributed by atoms with Gasteiger partial charge in [0, 0.05) is 65.6 Å². The van der Waals surface area contributed by atoms with E-state index in [1.165, 1.54) is 0 Å². The maximum atomic E-state index is 11.7. The highest BCUT2D eigenvalue weighted by Gasteiger charge is 2.47. The minimum absolute atomic E-state index is 0.0763. The van der Waals surface area contributed by atoms with Crippen molar-refractivity contribution in [2.24, 2.45) is 0 Å². The van der Waals surface area contributed by atoms with Gasteiger partial charge in [0.05, 0.1) is 40.2 Å². The topological polar surface area (TPSA) is 11.4 Å². The first kappa shape index (κ1) is 43.8. The van der Waals surface area contributed by atoms with E-state index >= 15 is 0 Å². The number of hydrogen-bond donors (Lipinski definition) is 0. The molecule has 0 saturated heterocycles. The fourth-order valence-electron chi connectivity index (χ4n) is 13.6.